The topological polar surface area (TPSA) is 184 Å². The van der Waals surface area contributed by atoms with Gasteiger partial charge >= 0.3 is 25.7 Å². The first-order valence-corrected chi connectivity index (χ1v) is 21.6. The van der Waals surface area contributed by atoms with Gasteiger partial charge in [0.05, 0.1) is 25.4 Å². The number of phosphoric acid groups is 1. The van der Waals surface area contributed by atoms with Gasteiger partial charge in [0.2, 0.25) is 0 Å². The van der Waals surface area contributed by atoms with Crippen molar-refractivity contribution in [3.8, 4) is 0 Å². The molecule has 3 unspecified atom stereocenters. The number of rotatable bonds is 36. The molecule has 0 bridgehead atoms. The minimum atomic E-state index is -4.72. The monoisotopic (exact) mass is 771 g/mol. The zero-order valence-electron chi connectivity index (χ0n) is 32.5. The van der Waals surface area contributed by atoms with E-state index in [0.717, 1.165) is 44.9 Å². The minimum Gasteiger partial charge on any atom is -0.480 e. The van der Waals surface area contributed by atoms with Gasteiger partial charge in [-0.3, -0.25) is 23.4 Å². The van der Waals surface area contributed by atoms with Crippen LogP contribution in [0.25, 0.3) is 0 Å². The number of carboxylic acid groups (broad SMARTS) is 1. The zero-order valence-corrected chi connectivity index (χ0v) is 33.4. The molecule has 53 heavy (non-hydrogen) atoms. The van der Waals surface area contributed by atoms with Crippen LogP contribution < -0.4 is 5.73 Å². The molecule has 0 radical (unpaired) electrons. The van der Waals surface area contributed by atoms with Gasteiger partial charge in [-0.2, -0.15) is 0 Å². The molecule has 306 valence electrons. The summed E-state index contributed by atoms with van der Waals surface area (Å²) < 4.78 is 38.3. The van der Waals surface area contributed by atoms with Crippen LogP contribution in [0.2, 0.25) is 0 Å². The molecule has 0 saturated carbocycles. The van der Waals surface area contributed by atoms with E-state index >= 15 is 0 Å². The summed E-state index contributed by atoms with van der Waals surface area (Å²) in [4.78, 5) is 45.8. The van der Waals surface area contributed by atoms with E-state index in [1.54, 1.807) is 0 Å². The molecule has 1 aliphatic heterocycles. The Labute approximate surface area is 318 Å². The number of hydrogen-bond donors (Lipinski definition) is 3. The number of hydrogen-bond acceptors (Lipinski definition) is 10. The van der Waals surface area contributed by atoms with Crippen molar-refractivity contribution in [1.82, 2.24) is 0 Å². The first kappa shape index (κ1) is 48.7. The summed E-state index contributed by atoms with van der Waals surface area (Å²) in [7, 11) is -4.72. The van der Waals surface area contributed by atoms with Crippen LogP contribution in [0.4, 0.5) is 0 Å². The number of carbonyl (C=O) groups is 3. The molecule has 1 fully saturated rings. The second kappa shape index (κ2) is 32.0. The van der Waals surface area contributed by atoms with Crippen molar-refractivity contribution in [2.24, 2.45) is 5.73 Å². The Balaban J connectivity index is 2.34. The molecule has 0 aromatic rings. The molecule has 0 spiro atoms. The molecule has 0 aromatic carbocycles. The van der Waals surface area contributed by atoms with Gasteiger partial charge in [-0.25, -0.2) is 4.57 Å². The van der Waals surface area contributed by atoms with Crippen LogP contribution in [0.1, 0.15) is 155 Å². The van der Waals surface area contributed by atoms with E-state index in [-0.39, 0.29) is 19.4 Å². The lowest BCUT2D eigenvalue weighted by atomic mass is 10.1. The number of epoxide rings is 1. The number of aliphatic carboxylic acids is 1. The third kappa shape index (κ3) is 29.7. The average Bonchev–Trinajstić information content (AvgIpc) is 3.89. The number of unbranched alkanes of at least 4 members (excludes halogenated alkanes) is 14. The van der Waals surface area contributed by atoms with E-state index in [1.165, 1.54) is 64.2 Å². The summed E-state index contributed by atoms with van der Waals surface area (Å²) in [6.07, 6.45) is 33.9. The fourth-order valence-corrected chi connectivity index (χ4v) is 6.23. The van der Waals surface area contributed by atoms with E-state index in [4.69, 9.17) is 29.6 Å². The average molecular weight is 772 g/mol. The van der Waals surface area contributed by atoms with Crippen molar-refractivity contribution in [2.75, 3.05) is 19.8 Å². The van der Waals surface area contributed by atoms with Crippen molar-refractivity contribution in [2.45, 2.75) is 179 Å². The van der Waals surface area contributed by atoms with Crippen LogP contribution in [0, 0.1) is 0 Å². The highest BCUT2D eigenvalue weighted by Gasteiger charge is 2.36. The molecular formula is C40H70NO11P. The summed E-state index contributed by atoms with van der Waals surface area (Å²) in [5, 5.41) is 8.86. The fraction of sp³-hybridized carbons (Fsp3) is 0.775. The third-order valence-electron chi connectivity index (χ3n) is 8.79. The second-order valence-electron chi connectivity index (χ2n) is 13.8. The van der Waals surface area contributed by atoms with Crippen LogP contribution in [-0.4, -0.2) is 72.1 Å². The van der Waals surface area contributed by atoms with Crippen molar-refractivity contribution >= 4 is 25.7 Å². The molecular weight excluding hydrogens is 701 g/mol. The highest BCUT2D eigenvalue weighted by molar-refractivity contribution is 7.47. The molecule has 1 rings (SSSR count). The van der Waals surface area contributed by atoms with Crippen molar-refractivity contribution in [3.05, 3.63) is 36.5 Å². The van der Waals surface area contributed by atoms with E-state index in [1.807, 2.05) is 12.2 Å². The molecule has 1 heterocycles. The van der Waals surface area contributed by atoms with Gasteiger partial charge < -0.3 is 29.9 Å². The molecule has 0 amide bonds. The number of ether oxygens (including phenoxy) is 3. The molecule has 5 atom stereocenters. The first-order valence-electron chi connectivity index (χ1n) is 20.1. The molecule has 12 nitrogen and oxygen atoms in total. The van der Waals surface area contributed by atoms with Gasteiger partial charge in [0, 0.05) is 12.8 Å². The normalized spacial score (nSPS) is 18.0. The third-order valence-corrected chi connectivity index (χ3v) is 9.74. The zero-order chi connectivity index (χ0) is 39.0. The molecule has 1 saturated heterocycles. The Morgan fingerprint density at radius 3 is 1.83 bits per heavy atom. The largest absolute Gasteiger partial charge is 0.480 e. The maximum Gasteiger partial charge on any atom is 0.472 e. The van der Waals surface area contributed by atoms with Crippen LogP contribution in [0.5, 0.6) is 0 Å². The van der Waals surface area contributed by atoms with Crippen molar-refractivity contribution < 1.29 is 52.2 Å². The molecule has 1 aliphatic rings. The van der Waals surface area contributed by atoms with Gasteiger partial charge in [-0.15, -0.1) is 0 Å². The van der Waals surface area contributed by atoms with Gasteiger partial charge in [-0.1, -0.05) is 127 Å². The predicted octanol–water partition coefficient (Wildman–Crippen LogP) is 9.04. The SMILES string of the molecule is CCCCC/C=C\CC1OC1C/C=C\C/C=C\CCCC(=O)OC[C@H](COP(=O)(O)OC[C@H](N)C(=O)O)OC(=O)CCCCCCCCCCCCC. The fourth-order valence-electron chi connectivity index (χ4n) is 5.45. The van der Waals surface area contributed by atoms with Crippen LogP contribution in [-0.2, 0) is 42.2 Å². The molecule has 0 aliphatic carbocycles. The Morgan fingerprint density at radius 1 is 0.679 bits per heavy atom. The summed E-state index contributed by atoms with van der Waals surface area (Å²) in [6, 6.07) is -1.53. The van der Waals surface area contributed by atoms with Crippen LogP contribution in [0.3, 0.4) is 0 Å². The quantitative estimate of drug-likeness (QED) is 0.0181. The standard InChI is InChI=1S/C40H70NO11P/c1-3-5-7-9-11-12-13-14-17-22-26-30-39(43)51-34(32-49-53(46,47)50-33-35(41)40(44)45)31-48-38(42)29-25-21-18-15-16-20-24-28-37-36(52-37)27-23-19-10-8-6-4-2/h15,18-20,23-24,34-37H,3-14,16-17,21-22,25-33,41H2,1-2H3,(H,44,45)(H,46,47)/b18-15-,23-19-,24-20-/t34-,35+,36?,37?/m1/s1. The van der Waals surface area contributed by atoms with E-state index in [9.17, 15) is 23.8 Å². The van der Waals surface area contributed by atoms with Crippen molar-refractivity contribution in [1.29, 1.82) is 0 Å². The first-order chi connectivity index (χ1) is 25.6. The molecule has 0 aromatic heterocycles. The van der Waals surface area contributed by atoms with Gasteiger partial charge in [0.15, 0.2) is 6.10 Å². The van der Waals surface area contributed by atoms with E-state index in [2.05, 4.69) is 42.7 Å². The van der Waals surface area contributed by atoms with Gasteiger partial charge in [-0.05, 0) is 51.4 Å². The maximum absolute atomic E-state index is 12.6. The Hall–Kier alpha value is -2.34. The Morgan fingerprint density at radius 2 is 1.19 bits per heavy atom. The molecule has 13 heteroatoms. The Bertz CT molecular complexity index is 1110. The number of esters is 2. The number of carbonyl (C=O) groups excluding carboxylic acids is 2. The second-order valence-corrected chi connectivity index (χ2v) is 15.3. The van der Waals surface area contributed by atoms with Gasteiger partial charge in [0.1, 0.15) is 12.6 Å². The number of carboxylic acids is 1. The number of nitrogens with two attached hydrogens (primary N) is 1. The lowest BCUT2D eigenvalue weighted by Crippen LogP contribution is -2.34. The van der Waals surface area contributed by atoms with Crippen molar-refractivity contribution in [3.63, 3.8) is 0 Å². The summed E-state index contributed by atoms with van der Waals surface area (Å²) >= 11 is 0. The smallest absolute Gasteiger partial charge is 0.472 e. The molecule has 4 N–H and O–H groups in total. The highest BCUT2D eigenvalue weighted by Crippen LogP contribution is 2.43. The summed E-state index contributed by atoms with van der Waals surface area (Å²) in [5.74, 6) is -2.46. The van der Waals surface area contributed by atoms with Gasteiger partial charge in [0.25, 0.3) is 0 Å². The minimum absolute atomic E-state index is 0.141. The van der Waals surface area contributed by atoms with Crippen LogP contribution in [0.15, 0.2) is 36.5 Å². The summed E-state index contributed by atoms with van der Waals surface area (Å²) in [5.41, 5.74) is 5.32. The maximum atomic E-state index is 12.6. The lowest BCUT2D eigenvalue weighted by molar-refractivity contribution is -0.161. The number of phosphoric ester groups is 1. The van der Waals surface area contributed by atoms with Crippen LogP contribution >= 0.6 is 7.82 Å². The summed E-state index contributed by atoms with van der Waals surface area (Å²) in [6.45, 7) is 2.68. The number of allylic oxidation sites excluding steroid dienone is 4. The van der Waals surface area contributed by atoms with E-state index < -0.39 is 51.1 Å². The predicted molar refractivity (Wildman–Crippen MR) is 207 cm³/mol. The lowest BCUT2D eigenvalue weighted by Gasteiger charge is -2.20. The highest BCUT2D eigenvalue weighted by atomic mass is 31.2. The van der Waals surface area contributed by atoms with E-state index in [0.29, 0.717) is 31.5 Å². The Kier molecular flexibility index (Phi) is 29.4.